The van der Waals surface area contributed by atoms with Gasteiger partial charge < -0.3 is 9.88 Å². The van der Waals surface area contributed by atoms with E-state index in [9.17, 15) is 0 Å². The molecule has 0 spiro atoms. The molecule has 0 amide bonds. The van der Waals surface area contributed by atoms with Crippen LogP contribution in [0.3, 0.4) is 0 Å². The summed E-state index contributed by atoms with van der Waals surface area (Å²) in [5.41, 5.74) is 20.5. The van der Waals surface area contributed by atoms with Gasteiger partial charge in [-0.25, -0.2) is 0 Å². The minimum absolute atomic E-state index is 0.248. The fourth-order valence-corrected chi connectivity index (χ4v) is 10.9. The lowest BCUT2D eigenvalue weighted by atomic mass is 9.67. The van der Waals surface area contributed by atoms with E-state index in [4.69, 9.17) is 0 Å². The maximum atomic E-state index is 3.69. The number of nitrogens with one attached hydrogen (secondary N) is 1. The van der Waals surface area contributed by atoms with Crippen molar-refractivity contribution in [1.82, 2.24) is 4.98 Å². The number of aromatic nitrogens is 1. The summed E-state index contributed by atoms with van der Waals surface area (Å²) < 4.78 is 0. The highest BCUT2D eigenvalue weighted by Gasteiger charge is 2.46. The fraction of sp³-hybridized carbons (Fsp3) is 0.0690. The Labute approximate surface area is 351 Å². The van der Waals surface area contributed by atoms with Crippen LogP contribution in [-0.4, -0.2) is 4.98 Å². The molecule has 1 aromatic heterocycles. The molecular weight excluding hydrogens is 725 g/mol. The lowest BCUT2D eigenvalue weighted by molar-refractivity contribution is 0.714. The minimum atomic E-state index is -0.518. The average Bonchev–Trinajstić information content (AvgIpc) is 3.92. The molecule has 2 aliphatic rings. The van der Waals surface area contributed by atoms with Gasteiger partial charge in [-0.05, 0) is 136 Å². The Morgan fingerprint density at radius 1 is 0.367 bits per heavy atom. The number of anilines is 3. The number of fused-ring (bicyclic) bond motifs is 9. The highest BCUT2D eigenvalue weighted by molar-refractivity contribution is 6.08. The zero-order valence-electron chi connectivity index (χ0n) is 33.7. The third-order valence-electron chi connectivity index (χ3n) is 13.6. The highest BCUT2D eigenvalue weighted by atomic mass is 15.1. The Bertz CT molecular complexity index is 3190. The van der Waals surface area contributed by atoms with Gasteiger partial charge in [0.05, 0.1) is 5.41 Å². The number of rotatable bonds is 6. The van der Waals surface area contributed by atoms with Gasteiger partial charge in [-0.2, -0.15) is 0 Å². The van der Waals surface area contributed by atoms with E-state index in [1.165, 1.54) is 83.1 Å². The smallest absolute Gasteiger partial charge is 0.0713 e. The average molecular weight is 767 g/mol. The zero-order chi connectivity index (χ0) is 40.0. The van der Waals surface area contributed by atoms with Crippen LogP contribution < -0.4 is 4.90 Å². The SMILES string of the molecule is Cc1ccc2[nH]c3ccc(C4(c5ccc(N(c6ccccc6)c6ccc(C7(C)c8ccccc8-c8ccccc87)cc6)cc5)c5ccccc5-c5ccccc54)cc3c2c1. The molecular formula is C58H42N2. The van der Waals surface area contributed by atoms with Crippen molar-refractivity contribution in [2.75, 3.05) is 4.90 Å². The number of hydrogen-bond acceptors (Lipinski definition) is 1. The van der Waals surface area contributed by atoms with Gasteiger partial charge in [-0.3, -0.25) is 0 Å². The van der Waals surface area contributed by atoms with Crippen molar-refractivity contribution in [3.8, 4) is 22.3 Å². The molecule has 284 valence electrons. The maximum absolute atomic E-state index is 3.69. The van der Waals surface area contributed by atoms with Gasteiger partial charge >= 0.3 is 0 Å². The van der Waals surface area contributed by atoms with Crippen LogP contribution in [0, 0.1) is 6.92 Å². The largest absolute Gasteiger partial charge is 0.355 e. The zero-order valence-corrected chi connectivity index (χ0v) is 33.7. The highest BCUT2D eigenvalue weighted by Crippen LogP contribution is 2.57. The van der Waals surface area contributed by atoms with Crippen LogP contribution in [0.1, 0.15) is 51.4 Å². The van der Waals surface area contributed by atoms with E-state index in [0.29, 0.717) is 0 Å². The number of aromatic amines is 1. The topological polar surface area (TPSA) is 19.0 Å². The molecule has 0 fully saturated rings. The minimum Gasteiger partial charge on any atom is -0.355 e. The van der Waals surface area contributed by atoms with E-state index in [-0.39, 0.29) is 5.41 Å². The van der Waals surface area contributed by atoms with Gasteiger partial charge in [-0.15, -0.1) is 0 Å². The second kappa shape index (κ2) is 13.0. The fourth-order valence-electron chi connectivity index (χ4n) is 10.9. The number of aryl methyl sites for hydroxylation is 1. The van der Waals surface area contributed by atoms with Crippen LogP contribution in [0.4, 0.5) is 17.1 Å². The summed E-state index contributed by atoms with van der Waals surface area (Å²) in [6.45, 7) is 4.56. The molecule has 1 heterocycles. The number of benzene rings is 9. The Kier molecular flexibility index (Phi) is 7.52. The van der Waals surface area contributed by atoms with E-state index in [1.54, 1.807) is 0 Å². The lowest BCUT2D eigenvalue weighted by Gasteiger charge is -2.34. The molecule has 0 radical (unpaired) electrons. The van der Waals surface area contributed by atoms with Crippen LogP contribution in [0.15, 0.2) is 212 Å². The van der Waals surface area contributed by atoms with E-state index >= 15 is 0 Å². The molecule has 9 aromatic carbocycles. The van der Waals surface area contributed by atoms with E-state index < -0.39 is 5.41 Å². The molecule has 2 heteroatoms. The van der Waals surface area contributed by atoms with Crippen molar-refractivity contribution in [3.05, 3.63) is 257 Å². The van der Waals surface area contributed by atoms with E-state index in [0.717, 1.165) is 22.6 Å². The molecule has 12 rings (SSSR count). The number of para-hydroxylation sites is 1. The first-order chi connectivity index (χ1) is 29.5. The number of hydrogen-bond donors (Lipinski definition) is 1. The van der Waals surface area contributed by atoms with Crippen LogP contribution in [0.5, 0.6) is 0 Å². The second-order valence-corrected chi connectivity index (χ2v) is 16.8. The molecule has 0 bridgehead atoms. The first-order valence-corrected chi connectivity index (χ1v) is 21.0. The van der Waals surface area contributed by atoms with Gasteiger partial charge in [0.2, 0.25) is 0 Å². The monoisotopic (exact) mass is 766 g/mol. The Morgan fingerprint density at radius 2 is 0.783 bits per heavy atom. The second-order valence-electron chi connectivity index (χ2n) is 16.8. The maximum Gasteiger partial charge on any atom is 0.0713 e. The molecule has 2 nitrogen and oxygen atoms in total. The summed E-state index contributed by atoms with van der Waals surface area (Å²) in [5.74, 6) is 0. The summed E-state index contributed by atoms with van der Waals surface area (Å²) in [4.78, 5) is 6.07. The summed E-state index contributed by atoms with van der Waals surface area (Å²) in [6, 6.07) is 79.0. The van der Waals surface area contributed by atoms with Crippen LogP contribution in [-0.2, 0) is 10.8 Å². The molecule has 1 N–H and O–H groups in total. The molecule has 0 aliphatic heterocycles. The normalized spacial score (nSPS) is 14.1. The summed E-state index contributed by atoms with van der Waals surface area (Å²) in [5, 5.41) is 2.51. The van der Waals surface area contributed by atoms with Crippen molar-refractivity contribution in [3.63, 3.8) is 0 Å². The first kappa shape index (κ1) is 34.6. The Hall–Kier alpha value is -7.42. The third kappa shape index (κ3) is 4.82. The van der Waals surface area contributed by atoms with Crippen molar-refractivity contribution >= 4 is 38.9 Å². The molecule has 2 aliphatic carbocycles. The van der Waals surface area contributed by atoms with E-state index in [1.807, 2.05) is 0 Å². The quantitative estimate of drug-likeness (QED) is 0.179. The predicted octanol–water partition coefficient (Wildman–Crippen LogP) is 14.8. The van der Waals surface area contributed by atoms with Crippen LogP contribution in [0.2, 0.25) is 0 Å². The standard InChI is InChI=1S/C58H42N2/c1-38-24-34-55-49(36-38)50-37-41(29-35-56(50)59-55)58(53-22-12-8-18-47(53)48-19-9-13-23-54(48)58)40-27-32-44(33-28-40)60(42-14-4-3-5-15-42)43-30-25-39(26-31-43)57(2)51-20-10-6-16-45(51)46-17-7-11-21-52(46)57/h3-37,59H,1-2H3. The predicted molar refractivity (Wildman–Crippen MR) is 250 cm³/mol. The van der Waals surface area contributed by atoms with Gasteiger partial charge in [0.1, 0.15) is 0 Å². The van der Waals surface area contributed by atoms with Crippen molar-refractivity contribution in [2.45, 2.75) is 24.7 Å². The van der Waals surface area contributed by atoms with Crippen molar-refractivity contribution in [2.24, 2.45) is 0 Å². The Morgan fingerprint density at radius 3 is 1.35 bits per heavy atom. The van der Waals surface area contributed by atoms with Gasteiger partial charge in [0, 0.05) is 44.3 Å². The third-order valence-corrected chi connectivity index (χ3v) is 13.6. The van der Waals surface area contributed by atoms with Gasteiger partial charge in [-0.1, -0.05) is 157 Å². The molecule has 0 atom stereocenters. The molecule has 0 saturated carbocycles. The lowest BCUT2D eigenvalue weighted by Crippen LogP contribution is -2.28. The summed E-state index contributed by atoms with van der Waals surface area (Å²) in [6.07, 6.45) is 0. The number of nitrogens with zero attached hydrogens (tertiary/aromatic N) is 1. The number of H-pyrrole nitrogens is 1. The molecule has 10 aromatic rings. The summed E-state index contributed by atoms with van der Waals surface area (Å²) in [7, 11) is 0. The molecule has 0 unspecified atom stereocenters. The molecule has 0 saturated heterocycles. The van der Waals surface area contributed by atoms with E-state index in [2.05, 4.69) is 236 Å². The first-order valence-electron chi connectivity index (χ1n) is 21.0. The molecule has 60 heavy (non-hydrogen) atoms. The van der Waals surface area contributed by atoms with Crippen LogP contribution >= 0.6 is 0 Å². The van der Waals surface area contributed by atoms with Crippen molar-refractivity contribution in [1.29, 1.82) is 0 Å². The van der Waals surface area contributed by atoms with Crippen LogP contribution in [0.25, 0.3) is 44.1 Å². The van der Waals surface area contributed by atoms with Gasteiger partial charge in [0.15, 0.2) is 0 Å². The Balaban J connectivity index is 1.01. The van der Waals surface area contributed by atoms with Crippen molar-refractivity contribution < 1.29 is 0 Å². The summed E-state index contributed by atoms with van der Waals surface area (Å²) >= 11 is 0. The van der Waals surface area contributed by atoms with Gasteiger partial charge in [0.25, 0.3) is 0 Å².